The quantitative estimate of drug-likeness (QED) is 0.520. The van der Waals surface area contributed by atoms with Gasteiger partial charge >= 0.3 is 0 Å². The number of methoxy groups -OCH3 is 1. The molecule has 0 aliphatic rings. The number of rotatable bonds is 5. The van der Waals surface area contributed by atoms with Gasteiger partial charge in [0.2, 0.25) is 0 Å². The average Bonchev–Trinajstić information content (AvgIpc) is 2.80. The van der Waals surface area contributed by atoms with E-state index in [2.05, 4.69) is 10.3 Å². The number of amides is 1. The molecule has 31 heavy (non-hydrogen) atoms. The number of carbonyl (C=O) groups is 1. The van der Waals surface area contributed by atoms with E-state index in [4.69, 9.17) is 4.74 Å². The van der Waals surface area contributed by atoms with Gasteiger partial charge in [-0.3, -0.25) is 14.2 Å². The van der Waals surface area contributed by atoms with Crippen LogP contribution in [0.4, 0.5) is 0 Å². The van der Waals surface area contributed by atoms with Gasteiger partial charge in [-0.1, -0.05) is 36.4 Å². The van der Waals surface area contributed by atoms with Gasteiger partial charge in [0, 0.05) is 12.3 Å². The van der Waals surface area contributed by atoms with Crippen molar-refractivity contribution < 1.29 is 14.6 Å². The maximum atomic E-state index is 13.4. The first-order valence-electron chi connectivity index (χ1n) is 9.74. The molecule has 0 radical (unpaired) electrons. The lowest BCUT2D eigenvalue weighted by Gasteiger charge is -2.17. The Morgan fingerprint density at radius 3 is 2.61 bits per heavy atom. The van der Waals surface area contributed by atoms with Gasteiger partial charge in [-0.15, -0.1) is 0 Å². The van der Waals surface area contributed by atoms with Crippen molar-refractivity contribution in [1.29, 1.82) is 0 Å². The molecular formula is C24H21N3O4. The van der Waals surface area contributed by atoms with Crippen molar-refractivity contribution in [3.63, 3.8) is 0 Å². The number of nitrogens with one attached hydrogen (secondary N) is 1. The van der Waals surface area contributed by atoms with E-state index in [1.807, 2.05) is 37.3 Å². The molecule has 2 aromatic carbocycles. The zero-order valence-electron chi connectivity index (χ0n) is 17.1. The summed E-state index contributed by atoms with van der Waals surface area (Å²) in [6.07, 6.45) is 1.52. The first-order valence-corrected chi connectivity index (χ1v) is 9.74. The molecule has 1 atom stereocenters. The third-order valence-corrected chi connectivity index (χ3v) is 5.09. The first kappa shape index (κ1) is 20.2. The van der Waals surface area contributed by atoms with Crippen LogP contribution in [0.15, 0.2) is 77.7 Å². The molecule has 156 valence electrons. The summed E-state index contributed by atoms with van der Waals surface area (Å²) in [4.78, 5) is 30.8. The van der Waals surface area contributed by atoms with Crippen LogP contribution in [0.3, 0.4) is 0 Å². The summed E-state index contributed by atoms with van der Waals surface area (Å²) in [7, 11) is 1.53. The Hall–Kier alpha value is -4.13. The minimum atomic E-state index is -0.672. The van der Waals surface area contributed by atoms with Crippen molar-refractivity contribution in [2.45, 2.75) is 13.0 Å². The van der Waals surface area contributed by atoms with Crippen LogP contribution in [0.2, 0.25) is 0 Å². The molecule has 2 heterocycles. The molecule has 0 aliphatic heterocycles. The van der Waals surface area contributed by atoms with Crippen LogP contribution >= 0.6 is 0 Å². The lowest BCUT2D eigenvalue weighted by Crippen LogP contribution is -2.34. The van der Waals surface area contributed by atoms with Crippen molar-refractivity contribution in [3.05, 3.63) is 94.4 Å². The van der Waals surface area contributed by atoms with Gasteiger partial charge < -0.3 is 15.2 Å². The maximum absolute atomic E-state index is 13.4. The molecule has 0 saturated heterocycles. The highest BCUT2D eigenvalue weighted by molar-refractivity contribution is 6.02. The molecule has 0 saturated carbocycles. The van der Waals surface area contributed by atoms with Crippen LogP contribution in [0.1, 0.15) is 28.9 Å². The normalized spacial score (nSPS) is 11.8. The highest BCUT2D eigenvalue weighted by Crippen LogP contribution is 2.28. The molecule has 4 rings (SSSR count). The Morgan fingerprint density at radius 2 is 1.87 bits per heavy atom. The number of hydrogen-bond donors (Lipinski definition) is 2. The highest BCUT2D eigenvalue weighted by Gasteiger charge is 2.25. The molecule has 4 aromatic rings. The van der Waals surface area contributed by atoms with Crippen molar-refractivity contribution in [2.24, 2.45) is 0 Å². The standard InChI is InChI=1S/C24H21N3O4/c1-15(16-8-4-3-5-9-16)26-23(29)20-21(28)19-12-7-13-25-22(19)27(24(20)30)17-10-6-11-18(14-17)31-2/h3-15,28H,1-2H3,(H,26,29). The van der Waals surface area contributed by atoms with Crippen LogP contribution in [0, 0.1) is 0 Å². The molecule has 7 heteroatoms. The van der Waals surface area contributed by atoms with Gasteiger partial charge in [0.1, 0.15) is 17.1 Å². The van der Waals surface area contributed by atoms with E-state index in [0.717, 1.165) is 5.56 Å². The molecule has 7 nitrogen and oxygen atoms in total. The Balaban J connectivity index is 1.88. The molecule has 2 aromatic heterocycles. The number of nitrogens with zero attached hydrogens (tertiary/aromatic N) is 2. The summed E-state index contributed by atoms with van der Waals surface area (Å²) in [5.41, 5.74) is 0.579. The van der Waals surface area contributed by atoms with Gasteiger partial charge in [-0.05, 0) is 36.8 Å². The minimum absolute atomic E-state index is 0.242. The second-order valence-electron chi connectivity index (χ2n) is 7.05. The number of aromatic nitrogens is 2. The Morgan fingerprint density at radius 1 is 1.10 bits per heavy atom. The van der Waals surface area contributed by atoms with E-state index in [1.165, 1.54) is 17.9 Å². The lowest BCUT2D eigenvalue weighted by molar-refractivity contribution is 0.0935. The number of benzene rings is 2. The predicted octanol–water partition coefficient (Wildman–Crippen LogP) is 3.59. The van der Waals surface area contributed by atoms with Crippen LogP contribution in [-0.2, 0) is 0 Å². The van der Waals surface area contributed by atoms with Crippen LogP contribution in [-0.4, -0.2) is 27.7 Å². The number of aromatic hydroxyl groups is 1. The van der Waals surface area contributed by atoms with E-state index in [9.17, 15) is 14.7 Å². The lowest BCUT2D eigenvalue weighted by atomic mass is 10.1. The van der Waals surface area contributed by atoms with Gasteiger partial charge in [-0.2, -0.15) is 0 Å². The minimum Gasteiger partial charge on any atom is -0.506 e. The van der Waals surface area contributed by atoms with Crippen molar-refractivity contribution in [1.82, 2.24) is 14.9 Å². The number of pyridine rings is 2. The third kappa shape index (κ3) is 3.73. The van der Waals surface area contributed by atoms with Gasteiger partial charge in [0.15, 0.2) is 5.65 Å². The Kier molecular flexibility index (Phi) is 5.41. The molecule has 2 N–H and O–H groups in total. The number of carbonyl (C=O) groups excluding carboxylic acids is 1. The molecule has 1 amide bonds. The third-order valence-electron chi connectivity index (χ3n) is 5.09. The molecular weight excluding hydrogens is 394 g/mol. The maximum Gasteiger partial charge on any atom is 0.273 e. The zero-order chi connectivity index (χ0) is 22.0. The van der Waals surface area contributed by atoms with E-state index >= 15 is 0 Å². The van der Waals surface area contributed by atoms with E-state index < -0.39 is 17.2 Å². The fourth-order valence-electron chi connectivity index (χ4n) is 3.49. The molecule has 1 unspecified atom stereocenters. The Labute approximate surface area is 178 Å². The van der Waals surface area contributed by atoms with Crippen molar-refractivity contribution >= 4 is 16.9 Å². The topological polar surface area (TPSA) is 93.5 Å². The number of ether oxygens (including phenoxy) is 1. The van der Waals surface area contributed by atoms with Crippen LogP contribution in [0.25, 0.3) is 16.7 Å². The number of hydrogen-bond acceptors (Lipinski definition) is 5. The Bertz CT molecular complexity index is 1320. The van der Waals surface area contributed by atoms with E-state index in [0.29, 0.717) is 16.8 Å². The smallest absolute Gasteiger partial charge is 0.273 e. The van der Waals surface area contributed by atoms with Gasteiger partial charge in [-0.25, -0.2) is 4.98 Å². The zero-order valence-corrected chi connectivity index (χ0v) is 17.1. The average molecular weight is 415 g/mol. The second-order valence-corrected chi connectivity index (χ2v) is 7.05. The van der Waals surface area contributed by atoms with Crippen molar-refractivity contribution in [3.8, 4) is 17.2 Å². The second kappa shape index (κ2) is 8.31. The van der Waals surface area contributed by atoms with Crippen LogP contribution < -0.4 is 15.6 Å². The van der Waals surface area contributed by atoms with E-state index in [-0.39, 0.29) is 17.3 Å². The summed E-state index contributed by atoms with van der Waals surface area (Å²) in [6.45, 7) is 1.81. The summed E-state index contributed by atoms with van der Waals surface area (Å²) < 4.78 is 6.57. The fourth-order valence-corrected chi connectivity index (χ4v) is 3.49. The predicted molar refractivity (Wildman–Crippen MR) is 118 cm³/mol. The highest BCUT2D eigenvalue weighted by atomic mass is 16.5. The molecule has 0 fully saturated rings. The largest absolute Gasteiger partial charge is 0.506 e. The number of fused-ring (bicyclic) bond motifs is 1. The summed E-state index contributed by atoms with van der Waals surface area (Å²) in [5.74, 6) is -0.517. The van der Waals surface area contributed by atoms with Crippen molar-refractivity contribution in [2.75, 3.05) is 7.11 Å². The summed E-state index contributed by atoms with van der Waals surface area (Å²) in [5, 5.41) is 13.9. The first-order chi connectivity index (χ1) is 15.0. The molecule has 0 bridgehead atoms. The van der Waals surface area contributed by atoms with E-state index in [1.54, 1.807) is 36.4 Å². The summed E-state index contributed by atoms with van der Waals surface area (Å²) in [6, 6.07) is 19.1. The monoisotopic (exact) mass is 415 g/mol. The van der Waals surface area contributed by atoms with Crippen LogP contribution in [0.5, 0.6) is 11.5 Å². The van der Waals surface area contributed by atoms with Gasteiger partial charge in [0.25, 0.3) is 11.5 Å². The summed E-state index contributed by atoms with van der Waals surface area (Å²) >= 11 is 0. The molecule has 0 spiro atoms. The SMILES string of the molecule is COc1cccc(-n2c(=O)c(C(=O)NC(C)c3ccccc3)c(O)c3cccnc32)c1. The fraction of sp³-hybridized carbons (Fsp3) is 0.125. The molecule has 0 aliphatic carbocycles. The van der Waals surface area contributed by atoms with Gasteiger partial charge in [0.05, 0.1) is 24.2 Å².